The van der Waals surface area contributed by atoms with Gasteiger partial charge in [0.1, 0.15) is 0 Å². The molecule has 0 spiro atoms. The molecule has 0 atom stereocenters. The van der Waals surface area contributed by atoms with Gasteiger partial charge in [0.2, 0.25) is 0 Å². The van der Waals surface area contributed by atoms with Crippen molar-refractivity contribution in [2.24, 2.45) is 0 Å². The molecule has 2 aliphatic carbocycles. The second kappa shape index (κ2) is 26.1. The highest BCUT2D eigenvalue weighted by molar-refractivity contribution is 7.26. The van der Waals surface area contributed by atoms with Crippen molar-refractivity contribution in [1.29, 1.82) is 0 Å². The van der Waals surface area contributed by atoms with Gasteiger partial charge in [0.05, 0.1) is 0 Å². The zero-order chi connectivity index (χ0) is 70.5. The molecule has 0 saturated carbocycles. The Bertz CT molecular complexity index is 6800. The third kappa shape index (κ3) is 11.2. The molecule has 4 nitrogen and oxygen atoms in total. The van der Waals surface area contributed by atoms with Gasteiger partial charge >= 0.3 is 0 Å². The molecule has 0 amide bonds. The quantitative estimate of drug-likeness (QED) is 0.121. The van der Waals surface area contributed by atoms with Crippen molar-refractivity contribution in [2.45, 2.75) is 12.8 Å². The SMILES string of the molecule is c1ccc(N(c2ccc3c(c2)Cc2ccc(N(c4ccc5ccccc5c4)c4ccc5ccccc5c4)cc2-3)c2ccc3c(c2)sc2ccccc23)cc1.c1ccc(N(c2ccc3c(c2)Cc2ccc(N(c4ccccc4)c4ccc5sc6ccccc6c5c4)cc2-3)c2ccc3sc4ccccc4c3c2)cc1. The zero-order valence-electron chi connectivity index (χ0n) is 58.2. The molecule has 7 heteroatoms. The number of benzene rings is 17. The van der Waals surface area contributed by atoms with Crippen LogP contribution in [0.3, 0.4) is 0 Å². The highest BCUT2D eigenvalue weighted by atomic mass is 32.1. The normalized spacial score (nSPS) is 12.0. The van der Waals surface area contributed by atoms with E-state index in [0.29, 0.717) is 0 Å². The lowest BCUT2D eigenvalue weighted by Crippen LogP contribution is -2.10. The fourth-order valence-electron chi connectivity index (χ4n) is 16.6. The molecule has 0 unspecified atom stereocenters. The van der Waals surface area contributed by atoms with E-state index < -0.39 is 0 Å². The van der Waals surface area contributed by atoms with Gasteiger partial charge in [-0.1, -0.05) is 200 Å². The van der Waals surface area contributed by atoms with Crippen molar-refractivity contribution < 1.29 is 0 Å². The van der Waals surface area contributed by atoms with Crippen LogP contribution in [-0.2, 0) is 12.8 Å². The van der Waals surface area contributed by atoms with Gasteiger partial charge < -0.3 is 19.6 Å². The zero-order valence-corrected chi connectivity index (χ0v) is 60.7. The molecule has 0 fully saturated rings. The summed E-state index contributed by atoms with van der Waals surface area (Å²) in [6.07, 6.45) is 1.82. The van der Waals surface area contributed by atoms with E-state index >= 15 is 0 Å². The average Bonchev–Trinajstić information content (AvgIpc) is 1.65. The van der Waals surface area contributed by atoms with Crippen LogP contribution < -0.4 is 19.6 Å². The first kappa shape index (κ1) is 62.7. The van der Waals surface area contributed by atoms with Crippen LogP contribution in [0.15, 0.2) is 376 Å². The van der Waals surface area contributed by atoms with Crippen LogP contribution in [0.2, 0.25) is 0 Å². The molecule has 0 bridgehead atoms. The Morgan fingerprint density at radius 2 is 0.458 bits per heavy atom. The molecular formula is C100H66N4S3. The Balaban J connectivity index is 0.000000137. The summed E-state index contributed by atoms with van der Waals surface area (Å²) in [6.45, 7) is 0. The molecule has 504 valence electrons. The average molecular weight is 1420 g/mol. The number of fused-ring (bicyclic) bond motifs is 17. The predicted molar refractivity (Wildman–Crippen MR) is 462 cm³/mol. The highest BCUT2D eigenvalue weighted by Crippen LogP contribution is 2.51. The smallest absolute Gasteiger partial charge is 0.0476 e. The minimum atomic E-state index is 0.905. The van der Waals surface area contributed by atoms with Gasteiger partial charge in [0.15, 0.2) is 0 Å². The Morgan fingerprint density at radius 1 is 0.159 bits per heavy atom. The first-order valence-electron chi connectivity index (χ1n) is 36.6. The summed E-state index contributed by atoms with van der Waals surface area (Å²) in [7, 11) is 0. The molecular weight excluding hydrogens is 1350 g/mol. The summed E-state index contributed by atoms with van der Waals surface area (Å²) in [6, 6.07) is 138. The number of rotatable bonds is 12. The van der Waals surface area contributed by atoms with Crippen molar-refractivity contribution >= 4 is 184 Å². The second-order valence-electron chi connectivity index (χ2n) is 28.0. The van der Waals surface area contributed by atoms with Crippen molar-refractivity contribution in [3.05, 3.63) is 398 Å². The van der Waals surface area contributed by atoms with Gasteiger partial charge in [-0.15, -0.1) is 34.0 Å². The van der Waals surface area contributed by atoms with Gasteiger partial charge in [-0.05, 0) is 255 Å². The summed E-state index contributed by atoms with van der Waals surface area (Å²) in [5.41, 5.74) is 24.6. The molecule has 2 aliphatic rings. The van der Waals surface area contributed by atoms with E-state index in [0.717, 1.165) is 58.3 Å². The first-order chi connectivity index (χ1) is 53.0. The predicted octanol–water partition coefficient (Wildman–Crippen LogP) is 29.8. The Kier molecular flexibility index (Phi) is 15.3. The van der Waals surface area contributed by atoms with E-state index in [4.69, 9.17) is 0 Å². The third-order valence-electron chi connectivity index (χ3n) is 21.6. The molecule has 0 radical (unpaired) electrons. The maximum absolute atomic E-state index is 2.41. The van der Waals surface area contributed by atoms with E-state index in [2.05, 4.69) is 396 Å². The monoisotopic (exact) mass is 1420 g/mol. The van der Waals surface area contributed by atoms with E-state index in [1.54, 1.807) is 0 Å². The summed E-state index contributed by atoms with van der Waals surface area (Å²) in [5.74, 6) is 0. The van der Waals surface area contributed by atoms with E-state index in [-0.39, 0.29) is 0 Å². The van der Waals surface area contributed by atoms with Gasteiger partial charge in [-0.2, -0.15) is 0 Å². The van der Waals surface area contributed by atoms with Gasteiger partial charge in [-0.3, -0.25) is 0 Å². The van der Waals surface area contributed by atoms with Crippen molar-refractivity contribution in [3.63, 3.8) is 0 Å². The largest absolute Gasteiger partial charge is 0.310 e. The van der Waals surface area contributed by atoms with Crippen molar-refractivity contribution in [2.75, 3.05) is 19.6 Å². The minimum Gasteiger partial charge on any atom is -0.310 e. The van der Waals surface area contributed by atoms with E-state index in [1.165, 1.54) is 149 Å². The van der Waals surface area contributed by atoms with Crippen LogP contribution in [0.4, 0.5) is 68.2 Å². The minimum absolute atomic E-state index is 0.905. The molecule has 107 heavy (non-hydrogen) atoms. The lowest BCUT2D eigenvalue weighted by atomic mass is 10.0. The topological polar surface area (TPSA) is 13.0 Å². The third-order valence-corrected chi connectivity index (χ3v) is 25.1. The molecule has 0 aliphatic heterocycles. The summed E-state index contributed by atoms with van der Waals surface area (Å²) in [4.78, 5) is 9.62. The summed E-state index contributed by atoms with van der Waals surface area (Å²) < 4.78 is 7.91. The number of thiophene rings is 3. The fraction of sp³-hybridized carbons (Fsp3) is 0.0200. The van der Waals surface area contributed by atoms with Gasteiger partial charge in [-0.25, -0.2) is 0 Å². The fourth-order valence-corrected chi connectivity index (χ4v) is 19.9. The van der Waals surface area contributed by atoms with Crippen LogP contribution in [0.5, 0.6) is 0 Å². The molecule has 0 N–H and O–H groups in total. The molecule has 22 rings (SSSR count). The maximum Gasteiger partial charge on any atom is 0.0476 e. The number of anilines is 12. The molecule has 3 heterocycles. The maximum atomic E-state index is 2.41. The number of hydrogen-bond acceptors (Lipinski definition) is 7. The second-order valence-corrected chi connectivity index (χ2v) is 31.2. The summed E-state index contributed by atoms with van der Waals surface area (Å²) >= 11 is 5.59. The summed E-state index contributed by atoms with van der Waals surface area (Å²) in [5, 5.41) is 12.8. The van der Waals surface area contributed by atoms with Crippen LogP contribution in [-0.4, -0.2) is 0 Å². The molecule has 17 aromatic carbocycles. The van der Waals surface area contributed by atoms with E-state index in [9.17, 15) is 0 Å². The van der Waals surface area contributed by atoms with Gasteiger partial charge in [0.25, 0.3) is 0 Å². The van der Waals surface area contributed by atoms with Crippen LogP contribution >= 0.6 is 34.0 Å². The van der Waals surface area contributed by atoms with E-state index in [1.807, 2.05) is 34.0 Å². The highest BCUT2D eigenvalue weighted by Gasteiger charge is 2.27. The standard InChI is InChI=1S/C51H34N2S.C49H32N2S2/c1-2-14-40(15-3-1)52(45-25-27-48-47-16-8-9-17-50(47)54-51(48)33-45)43-24-26-46-39(31-43)28-38-20-23-44(32-49(38)46)53(41-21-18-34-10-4-6-12-36(34)29-41)42-22-19-35-11-5-7-13-37(35)30-42;1-3-11-34(12-4-1)50(38-22-25-48-44(30-38)41-15-7-9-17-46(41)52-48)36-21-24-40-33(28-36)27-32-19-20-37(29-43(32)40)51(35-13-5-2-6-14-35)39-23-26-49-45(31-39)42-16-8-10-18-47(42)53-49/h1-27,29-33H,28H2;1-26,28-31H,27H2. The van der Waals surface area contributed by atoms with Crippen molar-refractivity contribution in [3.8, 4) is 22.3 Å². The molecule has 20 aromatic rings. The number of nitrogens with zero attached hydrogens (tertiary/aromatic N) is 4. The Labute approximate surface area is 632 Å². The van der Waals surface area contributed by atoms with Crippen molar-refractivity contribution in [1.82, 2.24) is 0 Å². The molecule has 3 aromatic heterocycles. The molecule has 0 saturated heterocycles. The van der Waals surface area contributed by atoms with Gasteiger partial charge in [0, 0.05) is 129 Å². The lowest BCUT2D eigenvalue weighted by Gasteiger charge is -2.27. The van der Waals surface area contributed by atoms with Crippen LogP contribution in [0.1, 0.15) is 22.3 Å². The van der Waals surface area contributed by atoms with Crippen LogP contribution in [0, 0.1) is 0 Å². The number of hydrogen-bond donors (Lipinski definition) is 0. The Morgan fingerprint density at radius 3 is 0.916 bits per heavy atom. The van der Waals surface area contributed by atoms with Crippen LogP contribution in [0.25, 0.3) is 104 Å². The Hall–Kier alpha value is -12.9. The first-order valence-corrected chi connectivity index (χ1v) is 39.0. The lowest BCUT2D eigenvalue weighted by molar-refractivity contribution is 1.23. The number of para-hydroxylation sites is 3.